The van der Waals surface area contributed by atoms with Crippen molar-refractivity contribution < 1.29 is 9.84 Å². The van der Waals surface area contributed by atoms with Crippen LogP contribution in [0.1, 0.15) is 17.0 Å². The summed E-state index contributed by atoms with van der Waals surface area (Å²) in [6.07, 6.45) is -0.596. The monoisotopic (exact) mass is 338 g/mol. The van der Waals surface area contributed by atoms with E-state index in [1.54, 1.807) is 4.68 Å². The van der Waals surface area contributed by atoms with Crippen molar-refractivity contribution in [3.05, 3.63) is 45.7 Å². The van der Waals surface area contributed by atoms with Gasteiger partial charge >= 0.3 is 0 Å². The average Bonchev–Trinajstić information content (AvgIpc) is 2.66. The number of hydrogen-bond acceptors (Lipinski definition) is 3. The fourth-order valence-electron chi connectivity index (χ4n) is 1.93. The Balaban J connectivity index is 1.90. The van der Waals surface area contributed by atoms with Gasteiger partial charge < -0.3 is 9.84 Å². The molecular formula is C15H19BrN2O2. The quantitative estimate of drug-likeness (QED) is 0.911. The molecule has 20 heavy (non-hydrogen) atoms. The van der Waals surface area contributed by atoms with Gasteiger partial charge in [-0.05, 0) is 48.8 Å². The summed E-state index contributed by atoms with van der Waals surface area (Å²) >= 11 is 3.48. The minimum Gasteiger partial charge on any atom is -0.491 e. The van der Waals surface area contributed by atoms with Crippen molar-refractivity contribution in [3.8, 4) is 5.75 Å². The van der Waals surface area contributed by atoms with Gasteiger partial charge in [0.25, 0.3) is 0 Å². The molecule has 1 heterocycles. The van der Waals surface area contributed by atoms with Crippen LogP contribution in [0.15, 0.2) is 28.7 Å². The van der Waals surface area contributed by atoms with Gasteiger partial charge in [-0.1, -0.05) is 17.7 Å². The number of benzene rings is 1. The molecule has 0 radical (unpaired) electrons. The van der Waals surface area contributed by atoms with E-state index in [1.165, 1.54) is 5.56 Å². The summed E-state index contributed by atoms with van der Waals surface area (Å²) in [6.45, 7) is 6.60. The first-order chi connectivity index (χ1) is 9.47. The third kappa shape index (κ3) is 3.61. The second-order valence-electron chi connectivity index (χ2n) is 4.94. The highest BCUT2D eigenvalue weighted by molar-refractivity contribution is 9.10. The smallest absolute Gasteiger partial charge is 0.119 e. The molecule has 1 aromatic heterocycles. The van der Waals surface area contributed by atoms with E-state index in [1.807, 2.05) is 45.0 Å². The number of aryl methyl sites for hydroxylation is 2. The summed E-state index contributed by atoms with van der Waals surface area (Å²) in [4.78, 5) is 0. The van der Waals surface area contributed by atoms with Crippen LogP contribution in [0.25, 0.3) is 0 Å². The van der Waals surface area contributed by atoms with Crippen LogP contribution in [0.5, 0.6) is 5.75 Å². The van der Waals surface area contributed by atoms with E-state index < -0.39 is 6.10 Å². The van der Waals surface area contributed by atoms with Gasteiger partial charge in [0.05, 0.1) is 16.7 Å². The maximum Gasteiger partial charge on any atom is 0.119 e. The number of rotatable bonds is 5. The zero-order chi connectivity index (χ0) is 14.7. The number of halogens is 1. The number of ether oxygens (including phenoxy) is 1. The fraction of sp³-hybridized carbons (Fsp3) is 0.400. The molecule has 0 aliphatic carbocycles. The normalized spacial score (nSPS) is 12.4. The Hall–Kier alpha value is -1.33. The van der Waals surface area contributed by atoms with Crippen molar-refractivity contribution >= 4 is 15.9 Å². The van der Waals surface area contributed by atoms with Crippen molar-refractivity contribution in [2.24, 2.45) is 0 Å². The standard InChI is InChI=1S/C15H19BrN2O2/c1-10-4-6-14(7-5-10)20-9-13(19)8-18-12(3)15(16)11(2)17-18/h4-7,13,19H,8-9H2,1-3H3. The third-order valence-electron chi connectivity index (χ3n) is 3.14. The van der Waals surface area contributed by atoms with Crippen molar-refractivity contribution in [1.29, 1.82) is 0 Å². The molecule has 108 valence electrons. The highest BCUT2D eigenvalue weighted by Gasteiger charge is 2.13. The molecule has 5 heteroatoms. The maximum atomic E-state index is 10.0. The fourth-order valence-corrected chi connectivity index (χ4v) is 2.22. The minimum absolute atomic E-state index is 0.249. The lowest BCUT2D eigenvalue weighted by Crippen LogP contribution is -2.24. The SMILES string of the molecule is Cc1ccc(OCC(O)Cn2nc(C)c(Br)c2C)cc1. The van der Waals surface area contributed by atoms with Crippen molar-refractivity contribution in [2.45, 2.75) is 33.4 Å². The summed E-state index contributed by atoms with van der Waals surface area (Å²) in [7, 11) is 0. The Morgan fingerprint density at radius 1 is 1.25 bits per heavy atom. The number of aliphatic hydroxyl groups is 1. The van der Waals surface area contributed by atoms with Crippen molar-refractivity contribution in [2.75, 3.05) is 6.61 Å². The second-order valence-corrected chi connectivity index (χ2v) is 5.74. The highest BCUT2D eigenvalue weighted by Crippen LogP contribution is 2.20. The zero-order valence-corrected chi connectivity index (χ0v) is 13.5. The summed E-state index contributed by atoms with van der Waals surface area (Å²) in [5.41, 5.74) is 3.12. The van der Waals surface area contributed by atoms with Gasteiger partial charge in [0.2, 0.25) is 0 Å². The van der Waals surface area contributed by atoms with Gasteiger partial charge in [-0.3, -0.25) is 4.68 Å². The number of aromatic nitrogens is 2. The molecular weight excluding hydrogens is 320 g/mol. The van der Waals surface area contributed by atoms with Crippen LogP contribution in [0.2, 0.25) is 0 Å². The molecule has 0 saturated carbocycles. The van der Waals surface area contributed by atoms with E-state index in [9.17, 15) is 5.11 Å². The van der Waals surface area contributed by atoms with E-state index in [0.717, 1.165) is 21.6 Å². The van der Waals surface area contributed by atoms with Crippen molar-refractivity contribution in [1.82, 2.24) is 9.78 Å². The molecule has 2 aromatic rings. The first-order valence-electron chi connectivity index (χ1n) is 6.54. The predicted molar refractivity (Wildman–Crippen MR) is 82.1 cm³/mol. The van der Waals surface area contributed by atoms with E-state index in [4.69, 9.17) is 4.74 Å². The Bertz CT molecular complexity index is 578. The summed E-state index contributed by atoms with van der Waals surface area (Å²) in [5.74, 6) is 0.768. The molecule has 0 aliphatic heterocycles. The molecule has 4 nitrogen and oxygen atoms in total. The molecule has 1 unspecified atom stereocenters. The zero-order valence-electron chi connectivity index (χ0n) is 11.9. The number of nitrogens with zero attached hydrogens (tertiary/aromatic N) is 2. The van der Waals surface area contributed by atoms with Crippen molar-refractivity contribution in [3.63, 3.8) is 0 Å². The third-order valence-corrected chi connectivity index (χ3v) is 4.29. The van der Waals surface area contributed by atoms with Crippen LogP contribution in [-0.2, 0) is 6.54 Å². The summed E-state index contributed by atoms with van der Waals surface area (Å²) < 4.78 is 8.35. The van der Waals surface area contributed by atoms with Crippen LogP contribution in [0.3, 0.4) is 0 Å². The maximum absolute atomic E-state index is 10.0. The van der Waals surface area contributed by atoms with Gasteiger partial charge in [-0.2, -0.15) is 5.10 Å². The predicted octanol–water partition coefficient (Wildman–Crippen LogP) is 3.01. The lowest BCUT2D eigenvalue weighted by Gasteiger charge is -2.13. The highest BCUT2D eigenvalue weighted by atomic mass is 79.9. The Morgan fingerprint density at radius 3 is 2.45 bits per heavy atom. The molecule has 0 spiro atoms. The summed E-state index contributed by atoms with van der Waals surface area (Å²) in [6, 6.07) is 7.78. The minimum atomic E-state index is -0.596. The van der Waals surface area contributed by atoms with Crippen LogP contribution < -0.4 is 4.74 Å². The Kier molecular flexibility index (Phi) is 4.83. The van der Waals surface area contributed by atoms with Gasteiger partial charge in [-0.15, -0.1) is 0 Å². The van der Waals surface area contributed by atoms with Crippen LogP contribution >= 0.6 is 15.9 Å². The average molecular weight is 339 g/mol. The number of hydrogen-bond donors (Lipinski definition) is 1. The second kappa shape index (κ2) is 6.41. The molecule has 2 rings (SSSR count). The van der Waals surface area contributed by atoms with E-state index >= 15 is 0 Å². The lowest BCUT2D eigenvalue weighted by molar-refractivity contribution is 0.0887. The van der Waals surface area contributed by atoms with Gasteiger partial charge in [-0.25, -0.2) is 0 Å². The molecule has 1 N–H and O–H groups in total. The largest absolute Gasteiger partial charge is 0.491 e. The first-order valence-corrected chi connectivity index (χ1v) is 7.33. The Morgan fingerprint density at radius 2 is 1.90 bits per heavy atom. The summed E-state index contributed by atoms with van der Waals surface area (Å²) in [5, 5.41) is 14.4. The topological polar surface area (TPSA) is 47.3 Å². The van der Waals surface area contributed by atoms with Crippen LogP contribution in [0, 0.1) is 20.8 Å². The van der Waals surface area contributed by atoms with E-state index in [2.05, 4.69) is 21.0 Å². The van der Waals surface area contributed by atoms with Gasteiger partial charge in [0.15, 0.2) is 0 Å². The van der Waals surface area contributed by atoms with Gasteiger partial charge in [0.1, 0.15) is 18.5 Å². The lowest BCUT2D eigenvalue weighted by atomic mass is 10.2. The van der Waals surface area contributed by atoms with Crippen LogP contribution in [0.4, 0.5) is 0 Å². The molecule has 0 aliphatic rings. The first kappa shape index (κ1) is 15.1. The molecule has 1 aromatic carbocycles. The molecule has 0 amide bonds. The van der Waals surface area contributed by atoms with Crippen LogP contribution in [-0.4, -0.2) is 27.6 Å². The Labute approximate surface area is 127 Å². The molecule has 0 fully saturated rings. The molecule has 1 atom stereocenters. The van der Waals surface area contributed by atoms with E-state index in [-0.39, 0.29) is 6.61 Å². The molecule has 0 saturated heterocycles. The number of aliphatic hydroxyl groups excluding tert-OH is 1. The molecule has 0 bridgehead atoms. The van der Waals surface area contributed by atoms with Gasteiger partial charge in [0, 0.05) is 5.69 Å². The van der Waals surface area contributed by atoms with E-state index in [0.29, 0.717) is 6.54 Å².